The van der Waals surface area contributed by atoms with Crippen LogP contribution in [0.1, 0.15) is 17.4 Å². The molecule has 0 fully saturated rings. The SMILES string of the molecule is CCNC(=NCc1cccc(F)c1)NCc1cc(Br)cs1.I. The predicted molar refractivity (Wildman–Crippen MR) is 105 cm³/mol. The largest absolute Gasteiger partial charge is 0.357 e. The van der Waals surface area contributed by atoms with Crippen LogP contribution in [0.3, 0.4) is 0 Å². The lowest BCUT2D eigenvalue weighted by Crippen LogP contribution is -2.36. The van der Waals surface area contributed by atoms with Crippen molar-refractivity contribution in [1.82, 2.24) is 10.6 Å². The minimum Gasteiger partial charge on any atom is -0.357 e. The summed E-state index contributed by atoms with van der Waals surface area (Å²) in [6.45, 7) is 3.96. The molecule has 0 atom stereocenters. The highest BCUT2D eigenvalue weighted by molar-refractivity contribution is 14.0. The van der Waals surface area contributed by atoms with Gasteiger partial charge < -0.3 is 10.6 Å². The summed E-state index contributed by atoms with van der Waals surface area (Å²) in [4.78, 5) is 5.69. The number of aliphatic imine (C=N–C) groups is 1. The number of hydrogen-bond donors (Lipinski definition) is 2. The first-order valence-electron chi connectivity index (χ1n) is 6.67. The van der Waals surface area contributed by atoms with Crippen LogP contribution in [0.25, 0.3) is 0 Å². The summed E-state index contributed by atoms with van der Waals surface area (Å²) >= 11 is 5.12. The minimum atomic E-state index is -0.232. The van der Waals surface area contributed by atoms with Gasteiger partial charge in [0.05, 0.1) is 13.1 Å². The number of halogens is 3. The van der Waals surface area contributed by atoms with E-state index in [0.717, 1.165) is 22.5 Å². The maximum absolute atomic E-state index is 13.1. The molecule has 22 heavy (non-hydrogen) atoms. The van der Waals surface area contributed by atoms with Gasteiger partial charge in [-0.25, -0.2) is 9.38 Å². The normalized spacial score (nSPS) is 11.0. The van der Waals surface area contributed by atoms with Gasteiger partial charge in [0.1, 0.15) is 5.82 Å². The van der Waals surface area contributed by atoms with Gasteiger partial charge in [-0.2, -0.15) is 0 Å². The van der Waals surface area contributed by atoms with Crippen molar-refractivity contribution in [3.05, 3.63) is 56.4 Å². The molecule has 1 heterocycles. The molecule has 1 aromatic carbocycles. The Morgan fingerprint density at radius 3 is 2.77 bits per heavy atom. The van der Waals surface area contributed by atoms with Crippen molar-refractivity contribution in [3.8, 4) is 0 Å². The van der Waals surface area contributed by atoms with E-state index in [9.17, 15) is 4.39 Å². The van der Waals surface area contributed by atoms with E-state index >= 15 is 0 Å². The Labute approximate surface area is 159 Å². The third-order valence-electron chi connectivity index (χ3n) is 2.70. The number of thiophene rings is 1. The summed E-state index contributed by atoms with van der Waals surface area (Å²) in [6, 6.07) is 8.58. The lowest BCUT2D eigenvalue weighted by Gasteiger charge is -2.10. The molecule has 0 bridgehead atoms. The minimum absolute atomic E-state index is 0. The number of nitrogens with zero attached hydrogens (tertiary/aromatic N) is 1. The van der Waals surface area contributed by atoms with Gasteiger partial charge in [-0.3, -0.25) is 0 Å². The van der Waals surface area contributed by atoms with Crippen molar-refractivity contribution >= 4 is 57.2 Å². The first-order chi connectivity index (χ1) is 10.2. The first-order valence-corrected chi connectivity index (χ1v) is 8.34. The second-order valence-corrected chi connectivity index (χ2v) is 6.32. The van der Waals surface area contributed by atoms with Crippen molar-refractivity contribution in [1.29, 1.82) is 0 Å². The third-order valence-corrected chi connectivity index (χ3v) is 4.40. The zero-order valence-electron chi connectivity index (χ0n) is 12.1. The number of rotatable bonds is 5. The Morgan fingerprint density at radius 2 is 2.14 bits per heavy atom. The number of hydrogen-bond acceptors (Lipinski definition) is 2. The first kappa shape index (κ1) is 19.4. The second-order valence-electron chi connectivity index (χ2n) is 4.41. The molecule has 0 unspecified atom stereocenters. The van der Waals surface area contributed by atoms with Gasteiger partial charge in [0.25, 0.3) is 0 Å². The van der Waals surface area contributed by atoms with E-state index in [1.54, 1.807) is 17.4 Å². The fraction of sp³-hybridized carbons (Fsp3) is 0.267. The van der Waals surface area contributed by atoms with Crippen LogP contribution < -0.4 is 10.6 Å². The zero-order chi connectivity index (χ0) is 15.1. The lowest BCUT2D eigenvalue weighted by atomic mass is 10.2. The number of nitrogens with one attached hydrogen (secondary N) is 2. The van der Waals surface area contributed by atoms with Crippen LogP contribution in [-0.4, -0.2) is 12.5 Å². The molecule has 0 saturated heterocycles. The molecule has 2 N–H and O–H groups in total. The van der Waals surface area contributed by atoms with Crippen molar-refractivity contribution in [2.24, 2.45) is 4.99 Å². The van der Waals surface area contributed by atoms with E-state index < -0.39 is 0 Å². The maximum Gasteiger partial charge on any atom is 0.191 e. The van der Waals surface area contributed by atoms with Crippen LogP contribution in [0.2, 0.25) is 0 Å². The van der Waals surface area contributed by atoms with Crippen LogP contribution in [0, 0.1) is 5.82 Å². The molecule has 0 aliphatic carbocycles. The molecule has 0 aliphatic rings. The van der Waals surface area contributed by atoms with E-state index in [-0.39, 0.29) is 29.8 Å². The van der Waals surface area contributed by atoms with Crippen LogP contribution >= 0.6 is 51.2 Å². The molecule has 1 aromatic heterocycles. The molecule has 0 aliphatic heterocycles. The second kappa shape index (κ2) is 10.2. The molecule has 7 heteroatoms. The van der Waals surface area contributed by atoms with Gasteiger partial charge in [-0.1, -0.05) is 12.1 Å². The monoisotopic (exact) mass is 497 g/mol. The lowest BCUT2D eigenvalue weighted by molar-refractivity contribution is 0.625. The summed E-state index contributed by atoms with van der Waals surface area (Å²) in [5, 5.41) is 8.50. The Hall–Kier alpha value is -0.670. The highest BCUT2D eigenvalue weighted by Crippen LogP contribution is 2.19. The van der Waals surface area contributed by atoms with Crippen molar-refractivity contribution < 1.29 is 4.39 Å². The molecule has 0 spiro atoms. The van der Waals surface area contributed by atoms with Crippen molar-refractivity contribution in [2.75, 3.05) is 6.54 Å². The van der Waals surface area contributed by atoms with Crippen LogP contribution in [0.15, 0.2) is 45.2 Å². The van der Waals surface area contributed by atoms with E-state index in [2.05, 4.69) is 37.6 Å². The summed E-state index contributed by atoms with van der Waals surface area (Å²) in [6.07, 6.45) is 0. The highest BCUT2D eigenvalue weighted by atomic mass is 127. The maximum atomic E-state index is 13.1. The van der Waals surface area contributed by atoms with Crippen molar-refractivity contribution in [2.45, 2.75) is 20.0 Å². The zero-order valence-corrected chi connectivity index (χ0v) is 16.8. The highest BCUT2D eigenvalue weighted by Gasteiger charge is 2.01. The molecule has 0 radical (unpaired) electrons. The fourth-order valence-corrected chi connectivity index (χ4v) is 3.16. The molecule has 2 aromatic rings. The van der Waals surface area contributed by atoms with Gasteiger partial charge in [0.15, 0.2) is 5.96 Å². The van der Waals surface area contributed by atoms with Crippen molar-refractivity contribution in [3.63, 3.8) is 0 Å². The van der Waals surface area contributed by atoms with Crippen LogP contribution in [0.5, 0.6) is 0 Å². The Bertz CT molecular complexity index is 618. The average molecular weight is 498 g/mol. The van der Waals surface area contributed by atoms with E-state index in [0.29, 0.717) is 13.1 Å². The molecular formula is C15H18BrFIN3S. The van der Waals surface area contributed by atoms with Crippen LogP contribution in [-0.2, 0) is 13.1 Å². The quantitative estimate of drug-likeness (QED) is 0.362. The fourth-order valence-electron chi connectivity index (χ4n) is 1.76. The number of benzene rings is 1. The topological polar surface area (TPSA) is 36.4 Å². The summed E-state index contributed by atoms with van der Waals surface area (Å²) < 4.78 is 14.2. The van der Waals surface area contributed by atoms with Gasteiger partial charge in [-0.15, -0.1) is 35.3 Å². The molecule has 0 amide bonds. The van der Waals surface area contributed by atoms with Gasteiger partial charge in [0, 0.05) is 21.3 Å². The van der Waals surface area contributed by atoms with Gasteiger partial charge in [0.2, 0.25) is 0 Å². The third kappa shape index (κ3) is 6.62. The van der Waals surface area contributed by atoms with Crippen LogP contribution in [0.4, 0.5) is 4.39 Å². The Morgan fingerprint density at radius 1 is 1.32 bits per heavy atom. The summed E-state index contributed by atoms with van der Waals surface area (Å²) in [7, 11) is 0. The van der Waals surface area contributed by atoms with E-state index in [1.165, 1.54) is 17.0 Å². The molecule has 3 nitrogen and oxygen atoms in total. The molecule has 0 saturated carbocycles. The summed E-state index contributed by atoms with van der Waals surface area (Å²) in [5.41, 5.74) is 0.853. The summed E-state index contributed by atoms with van der Waals surface area (Å²) in [5.74, 6) is 0.496. The van der Waals surface area contributed by atoms with E-state index in [1.807, 2.05) is 18.4 Å². The Balaban J connectivity index is 0.00000242. The van der Waals surface area contributed by atoms with Gasteiger partial charge in [-0.05, 0) is 46.6 Å². The average Bonchev–Trinajstić information content (AvgIpc) is 2.88. The smallest absolute Gasteiger partial charge is 0.191 e. The predicted octanol–water partition coefficient (Wildman–Crippen LogP) is 4.52. The molecule has 120 valence electrons. The standard InChI is InChI=1S/C15H17BrFN3S.HI/c1-2-18-15(20-9-14-7-12(16)10-21-14)19-8-11-4-3-5-13(17)6-11;/h3-7,10H,2,8-9H2,1H3,(H2,18,19,20);1H. The molecule has 2 rings (SSSR count). The van der Waals surface area contributed by atoms with E-state index in [4.69, 9.17) is 0 Å². The Kier molecular flexibility index (Phi) is 8.96. The van der Waals surface area contributed by atoms with Gasteiger partial charge >= 0.3 is 0 Å². The molecular weight excluding hydrogens is 480 g/mol. The number of guanidine groups is 1.